The van der Waals surface area contributed by atoms with Crippen molar-refractivity contribution in [3.63, 3.8) is 0 Å². The van der Waals surface area contributed by atoms with Crippen molar-refractivity contribution >= 4 is 11.8 Å². The summed E-state index contributed by atoms with van der Waals surface area (Å²) in [6.45, 7) is 5.33. The van der Waals surface area contributed by atoms with Gasteiger partial charge in [-0.15, -0.1) is 0 Å². The van der Waals surface area contributed by atoms with Crippen LogP contribution >= 0.6 is 11.8 Å². The molecule has 0 aliphatic rings. The van der Waals surface area contributed by atoms with Crippen LogP contribution in [0, 0.1) is 5.82 Å². The molecule has 0 spiro atoms. The van der Waals surface area contributed by atoms with E-state index in [0.29, 0.717) is 6.04 Å². The highest BCUT2D eigenvalue weighted by Gasteiger charge is 2.09. The predicted octanol–water partition coefficient (Wildman–Crippen LogP) is 4.82. The summed E-state index contributed by atoms with van der Waals surface area (Å²) < 4.78 is 12.9. The molecule has 112 valence electrons. The zero-order valence-corrected chi connectivity index (χ0v) is 13.3. The molecule has 1 atom stereocenters. The van der Waals surface area contributed by atoms with Crippen molar-refractivity contribution in [1.82, 2.24) is 10.3 Å². The van der Waals surface area contributed by atoms with Gasteiger partial charge in [-0.25, -0.2) is 4.39 Å². The molecule has 1 heterocycles. The third kappa shape index (κ3) is 4.83. The van der Waals surface area contributed by atoms with Gasteiger partial charge in [0.2, 0.25) is 0 Å². The maximum absolute atomic E-state index is 12.9. The highest BCUT2D eigenvalue weighted by Crippen LogP contribution is 2.28. The Balaban J connectivity index is 2.02. The van der Waals surface area contributed by atoms with E-state index in [1.165, 1.54) is 12.1 Å². The highest BCUT2D eigenvalue weighted by molar-refractivity contribution is 7.99. The van der Waals surface area contributed by atoms with Crippen molar-refractivity contribution in [2.75, 3.05) is 6.54 Å². The molecule has 2 aromatic rings. The second kappa shape index (κ2) is 8.15. The molecule has 0 bridgehead atoms. The molecule has 0 saturated heterocycles. The molecule has 2 rings (SSSR count). The molecule has 0 saturated carbocycles. The van der Waals surface area contributed by atoms with Crippen LogP contribution in [0.1, 0.15) is 38.4 Å². The minimum Gasteiger partial charge on any atom is -0.309 e. The average molecular weight is 304 g/mol. The van der Waals surface area contributed by atoms with Gasteiger partial charge in [-0.05, 0) is 55.8 Å². The largest absolute Gasteiger partial charge is 0.309 e. The van der Waals surface area contributed by atoms with Crippen LogP contribution in [0.15, 0.2) is 52.4 Å². The molecule has 2 nitrogen and oxygen atoms in total. The first kappa shape index (κ1) is 16.0. The Morgan fingerprint density at radius 2 is 1.81 bits per heavy atom. The summed E-state index contributed by atoms with van der Waals surface area (Å²) in [6, 6.07) is 11.0. The van der Waals surface area contributed by atoms with Gasteiger partial charge in [-0.3, -0.25) is 4.98 Å². The lowest BCUT2D eigenvalue weighted by Crippen LogP contribution is -2.22. The van der Waals surface area contributed by atoms with Crippen LogP contribution in [0.5, 0.6) is 0 Å². The minimum absolute atomic E-state index is 0.208. The van der Waals surface area contributed by atoms with E-state index in [4.69, 9.17) is 0 Å². The molecule has 4 heteroatoms. The number of pyridine rings is 1. The van der Waals surface area contributed by atoms with Crippen LogP contribution in [0.25, 0.3) is 0 Å². The second-order valence-electron chi connectivity index (χ2n) is 4.89. The van der Waals surface area contributed by atoms with Gasteiger partial charge in [0, 0.05) is 22.0 Å². The molecule has 0 amide bonds. The van der Waals surface area contributed by atoms with E-state index in [9.17, 15) is 4.39 Å². The van der Waals surface area contributed by atoms with E-state index in [0.717, 1.165) is 34.9 Å². The van der Waals surface area contributed by atoms with E-state index >= 15 is 0 Å². The summed E-state index contributed by atoms with van der Waals surface area (Å²) >= 11 is 1.59. The van der Waals surface area contributed by atoms with E-state index in [1.54, 1.807) is 23.9 Å². The van der Waals surface area contributed by atoms with Gasteiger partial charge in [0.1, 0.15) is 5.82 Å². The Bertz CT molecular complexity index is 540. The zero-order chi connectivity index (χ0) is 15.1. The number of halogens is 1. The van der Waals surface area contributed by atoms with Crippen LogP contribution in [0.2, 0.25) is 0 Å². The number of hydrogen-bond acceptors (Lipinski definition) is 3. The fraction of sp³-hybridized carbons (Fsp3) is 0.353. The van der Waals surface area contributed by atoms with Gasteiger partial charge in [-0.1, -0.05) is 25.6 Å². The van der Waals surface area contributed by atoms with Gasteiger partial charge in [0.15, 0.2) is 0 Å². The fourth-order valence-electron chi connectivity index (χ4n) is 2.07. The first-order valence-corrected chi connectivity index (χ1v) is 8.17. The third-order valence-corrected chi connectivity index (χ3v) is 4.20. The smallest absolute Gasteiger partial charge is 0.123 e. The SMILES string of the molecule is CCCNC(CC)c1ccc(Sc2ccc(F)cc2)cn1. The van der Waals surface area contributed by atoms with Gasteiger partial charge in [-0.2, -0.15) is 0 Å². The summed E-state index contributed by atoms with van der Waals surface area (Å²) in [7, 11) is 0. The van der Waals surface area contributed by atoms with Gasteiger partial charge < -0.3 is 5.32 Å². The summed E-state index contributed by atoms with van der Waals surface area (Å²) in [4.78, 5) is 6.64. The standard InChI is InChI=1S/C17H21FN2S/c1-3-11-19-16(4-2)17-10-9-15(12-20-17)21-14-7-5-13(18)6-8-14/h5-10,12,16,19H,3-4,11H2,1-2H3. The average Bonchev–Trinajstić information content (AvgIpc) is 2.52. The highest BCUT2D eigenvalue weighted by atomic mass is 32.2. The summed E-state index contributed by atoms with van der Waals surface area (Å²) in [5, 5.41) is 3.50. The Hall–Kier alpha value is -1.39. The summed E-state index contributed by atoms with van der Waals surface area (Å²) in [5.74, 6) is -0.208. The van der Waals surface area contributed by atoms with Gasteiger partial charge >= 0.3 is 0 Å². The van der Waals surface area contributed by atoms with Crippen molar-refractivity contribution < 1.29 is 4.39 Å². The van der Waals surface area contributed by atoms with Crippen molar-refractivity contribution in [3.05, 3.63) is 54.1 Å². The number of benzene rings is 1. The van der Waals surface area contributed by atoms with Crippen LogP contribution in [0.4, 0.5) is 4.39 Å². The number of rotatable bonds is 7. The van der Waals surface area contributed by atoms with Crippen LogP contribution in [-0.2, 0) is 0 Å². The lowest BCUT2D eigenvalue weighted by Gasteiger charge is -2.16. The quantitative estimate of drug-likeness (QED) is 0.793. The van der Waals surface area contributed by atoms with Crippen LogP contribution < -0.4 is 5.32 Å². The Morgan fingerprint density at radius 3 is 2.38 bits per heavy atom. The van der Waals surface area contributed by atoms with E-state index in [-0.39, 0.29) is 5.82 Å². The predicted molar refractivity (Wildman–Crippen MR) is 86.1 cm³/mol. The Kier molecular flexibility index (Phi) is 6.21. The number of aromatic nitrogens is 1. The third-order valence-electron chi connectivity index (χ3n) is 3.21. The number of nitrogens with zero attached hydrogens (tertiary/aromatic N) is 1. The first-order chi connectivity index (χ1) is 10.2. The van der Waals surface area contributed by atoms with Crippen LogP contribution in [0.3, 0.4) is 0 Å². The number of nitrogens with one attached hydrogen (secondary N) is 1. The van der Waals surface area contributed by atoms with Gasteiger partial charge in [0.05, 0.1) is 5.69 Å². The monoisotopic (exact) mass is 304 g/mol. The zero-order valence-electron chi connectivity index (χ0n) is 12.5. The summed E-state index contributed by atoms with van der Waals surface area (Å²) in [5.41, 5.74) is 1.08. The Labute approximate surface area is 130 Å². The molecule has 0 radical (unpaired) electrons. The van der Waals surface area contributed by atoms with E-state index in [2.05, 4.69) is 36.3 Å². The maximum atomic E-state index is 12.9. The minimum atomic E-state index is -0.208. The number of hydrogen-bond donors (Lipinski definition) is 1. The molecule has 21 heavy (non-hydrogen) atoms. The lowest BCUT2D eigenvalue weighted by molar-refractivity contribution is 0.507. The van der Waals surface area contributed by atoms with E-state index < -0.39 is 0 Å². The first-order valence-electron chi connectivity index (χ1n) is 7.35. The summed E-state index contributed by atoms with van der Waals surface area (Å²) in [6.07, 6.45) is 4.03. The Morgan fingerprint density at radius 1 is 1.10 bits per heavy atom. The molecule has 0 fully saturated rings. The van der Waals surface area contributed by atoms with E-state index in [1.807, 2.05) is 6.20 Å². The molecule has 1 unspecified atom stereocenters. The van der Waals surface area contributed by atoms with Crippen molar-refractivity contribution in [1.29, 1.82) is 0 Å². The van der Waals surface area contributed by atoms with Crippen LogP contribution in [-0.4, -0.2) is 11.5 Å². The van der Waals surface area contributed by atoms with Crippen molar-refractivity contribution in [2.24, 2.45) is 0 Å². The molecule has 0 aliphatic heterocycles. The van der Waals surface area contributed by atoms with Crippen molar-refractivity contribution in [2.45, 2.75) is 42.5 Å². The normalized spacial score (nSPS) is 12.3. The molecule has 1 aromatic heterocycles. The molecule has 0 aliphatic carbocycles. The molecule has 1 N–H and O–H groups in total. The lowest BCUT2D eigenvalue weighted by atomic mass is 10.1. The molecule has 1 aromatic carbocycles. The molecular formula is C17H21FN2S. The topological polar surface area (TPSA) is 24.9 Å². The molecular weight excluding hydrogens is 283 g/mol. The fourth-order valence-corrected chi connectivity index (χ4v) is 2.86. The van der Waals surface area contributed by atoms with Crippen molar-refractivity contribution in [3.8, 4) is 0 Å². The second-order valence-corrected chi connectivity index (χ2v) is 6.04. The maximum Gasteiger partial charge on any atom is 0.123 e. The van der Waals surface area contributed by atoms with Gasteiger partial charge in [0.25, 0.3) is 0 Å².